The quantitative estimate of drug-likeness (QED) is 0.923. The summed E-state index contributed by atoms with van der Waals surface area (Å²) in [6.07, 6.45) is 0. The molecule has 2 N–H and O–H groups in total. The number of nitrogens with zero attached hydrogens (tertiary/aromatic N) is 4. The molecule has 0 aliphatic carbocycles. The van der Waals surface area contributed by atoms with Crippen LogP contribution in [0.15, 0.2) is 21.5 Å². The van der Waals surface area contributed by atoms with Crippen molar-refractivity contribution in [2.45, 2.75) is 22.8 Å². The molecule has 0 aliphatic rings. The molecular weight excluding hydrogens is 266 g/mol. The minimum atomic E-state index is 0.481. The average Bonchev–Trinajstić information content (AvgIpc) is 2.78. The Morgan fingerprint density at radius 2 is 2.11 bits per heavy atom. The highest BCUT2D eigenvalue weighted by atomic mass is 32.2. The van der Waals surface area contributed by atoms with Crippen LogP contribution in [0.3, 0.4) is 0 Å². The molecule has 0 bridgehead atoms. The van der Waals surface area contributed by atoms with Crippen LogP contribution in [-0.2, 0) is 6.54 Å². The second-order valence-electron chi connectivity index (χ2n) is 3.97. The van der Waals surface area contributed by atoms with Gasteiger partial charge in [0.2, 0.25) is 5.13 Å². The first-order valence-electron chi connectivity index (χ1n) is 5.45. The highest BCUT2D eigenvalue weighted by Gasteiger charge is 2.11. The minimum Gasteiger partial charge on any atom is -0.353 e. The van der Waals surface area contributed by atoms with Crippen molar-refractivity contribution < 1.29 is 0 Å². The molecule has 0 saturated carbocycles. The van der Waals surface area contributed by atoms with Gasteiger partial charge in [-0.1, -0.05) is 17.4 Å². The van der Waals surface area contributed by atoms with E-state index in [9.17, 15) is 0 Å². The Morgan fingerprint density at radius 1 is 1.33 bits per heavy atom. The lowest BCUT2D eigenvalue weighted by Gasteiger charge is -2.05. The topological polar surface area (TPSA) is 67.9 Å². The Morgan fingerprint density at radius 3 is 2.72 bits per heavy atom. The van der Waals surface area contributed by atoms with Gasteiger partial charge in [-0.15, -0.1) is 10.2 Å². The van der Waals surface area contributed by atoms with Gasteiger partial charge in [-0.2, -0.15) is 0 Å². The standard InChI is InChI=1S/C11H15N5S2/c1-7-4-5-8(6-12)9(13-7)17-11-15-14-10(18-11)16(2)3/h4-5H,6,12H2,1-3H3. The van der Waals surface area contributed by atoms with Crippen LogP contribution in [0.25, 0.3) is 0 Å². The Labute approximate surface area is 114 Å². The van der Waals surface area contributed by atoms with E-state index in [2.05, 4.69) is 15.2 Å². The van der Waals surface area contributed by atoms with Crippen molar-refractivity contribution in [2.24, 2.45) is 5.73 Å². The number of hydrogen-bond donors (Lipinski definition) is 1. The van der Waals surface area contributed by atoms with Crippen LogP contribution < -0.4 is 10.6 Å². The van der Waals surface area contributed by atoms with E-state index in [0.29, 0.717) is 6.54 Å². The summed E-state index contributed by atoms with van der Waals surface area (Å²) in [6, 6.07) is 3.98. The smallest absolute Gasteiger partial charge is 0.208 e. The van der Waals surface area contributed by atoms with Crippen molar-refractivity contribution in [3.63, 3.8) is 0 Å². The van der Waals surface area contributed by atoms with E-state index in [1.165, 1.54) is 11.8 Å². The molecule has 0 atom stereocenters. The molecule has 0 unspecified atom stereocenters. The number of rotatable bonds is 4. The first-order valence-corrected chi connectivity index (χ1v) is 7.08. The van der Waals surface area contributed by atoms with Gasteiger partial charge in [-0.05, 0) is 30.3 Å². The fourth-order valence-corrected chi connectivity index (χ4v) is 3.16. The lowest BCUT2D eigenvalue weighted by atomic mass is 10.2. The second kappa shape index (κ2) is 5.64. The fraction of sp³-hybridized carbons (Fsp3) is 0.364. The van der Waals surface area contributed by atoms with Gasteiger partial charge in [0.25, 0.3) is 0 Å². The van der Waals surface area contributed by atoms with E-state index < -0.39 is 0 Å². The van der Waals surface area contributed by atoms with Crippen LogP contribution in [0.2, 0.25) is 0 Å². The van der Waals surface area contributed by atoms with Crippen LogP contribution in [0.1, 0.15) is 11.3 Å². The summed E-state index contributed by atoms with van der Waals surface area (Å²) in [6.45, 7) is 2.45. The fourth-order valence-electron chi connectivity index (χ4n) is 1.31. The molecule has 0 aliphatic heterocycles. The second-order valence-corrected chi connectivity index (χ2v) is 6.16. The maximum atomic E-state index is 5.71. The lowest BCUT2D eigenvalue weighted by molar-refractivity contribution is 0.933. The summed E-state index contributed by atoms with van der Waals surface area (Å²) < 4.78 is 0.881. The van der Waals surface area contributed by atoms with Gasteiger partial charge in [-0.25, -0.2) is 4.98 Å². The van der Waals surface area contributed by atoms with Crippen molar-refractivity contribution in [3.8, 4) is 0 Å². The van der Waals surface area contributed by atoms with Crippen LogP contribution >= 0.6 is 23.1 Å². The SMILES string of the molecule is Cc1ccc(CN)c(Sc2nnc(N(C)C)s2)n1. The van der Waals surface area contributed by atoms with Crippen LogP contribution in [0.4, 0.5) is 5.13 Å². The summed E-state index contributed by atoms with van der Waals surface area (Å²) in [5, 5.41) is 10.1. The Hall–Kier alpha value is -1.18. The van der Waals surface area contributed by atoms with Gasteiger partial charge >= 0.3 is 0 Å². The number of aromatic nitrogens is 3. The van der Waals surface area contributed by atoms with Crippen molar-refractivity contribution in [3.05, 3.63) is 23.4 Å². The van der Waals surface area contributed by atoms with Crippen LogP contribution in [0.5, 0.6) is 0 Å². The van der Waals surface area contributed by atoms with Gasteiger partial charge in [0, 0.05) is 26.3 Å². The van der Waals surface area contributed by atoms with Gasteiger partial charge in [0.15, 0.2) is 4.34 Å². The van der Waals surface area contributed by atoms with Crippen molar-refractivity contribution in [2.75, 3.05) is 19.0 Å². The monoisotopic (exact) mass is 281 g/mol. The van der Waals surface area contributed by atoms with E-state index in [4.69, 9.17) is 5.73 Å². The van der Waals surface area contributed by atoms with Crippen LogP contribution in [0, 0.1) is 6.92 Å². The molecule has 0 aromatic carbocycles. The molecule has 5 nitrogen and oxygen atoms in total. The first kappa shape index (κ1) is 13.3. The molecule has 2 aromatic heterocycles. The molecule has 0 radical (unpaired) electrons. The summed E-state index contributed by atoms with van der Waals surface area (Å²) in [5.41, 5.74) is 7.73. The largest absolute Gasteiger partial charge is 0.353 e. The predicted octanol–water partition coefficient (Wildman–Crippen LogP) is 1.92. The summed E-state index contributed by atoms with van der Waals surface area (Å²) in [4.78, 5) is 6.44. The van der Waals surface area contributed by atoms with Gasteiger partial charge in [-0.3, -0.25) is 0 Å². The molecule has 2 rings (SSSR count). The summed E-state index contributed by atoms with van der Waals surface area (Å²) in [7, 11) is 3.90. The zero-order valence-corrected chi connectivity index (χ0v) is 12.2. The van der Waals surface area contributed by atoms with E-state index in [-0.39, 0.29) is 0 Å². The summed E-state index contributed by atoms with van der Waals surface area (Å²) >= 11 is 3.07. The molecular formula is C11H15N5S2. The number of nitrogens with two attached hydrogens (primary N) is 1. The van der Waals surface area contributed by atoms with Crippen molar-refractivity contribution >= 4 is 28.2 Å². The van der Waals surface area contributed by atoms with Crippen molar-refractivity contribution in [1.29, 1.82) is 0 Å². The molecule has 96 valence electrons. The summed E-state index contributed by atoms with van der Waals surface area (Å²) in [5.74, 6) is 0. The maximum absolute atomic E-state index is 5.71. The van der Waals surface area contributed by atoms with E-state index in [1.807, 2.05) is 38.1 Å². The highest BCUT2D eigenvalue weighted by Crippen LogP contribution is 2.33. The zero-order chi connectivity index (χ0) is 13.1. The third-order valence-electron chi connectivity index (χ3n) is 2.26. The number of pyridine rings is 1. The van der Waals surface area contributed by atoms with Gasteiger partial charge < -0.3 is 10.6 Å². The zero-order valence-electron chi connectivity index (χ0n) is 10.5. The normalized spacial score (nSPS) is 10.7. The third-order valence-corrected chi connectivity index (χ3v) is 4.45. The first-order chi connectivity index (χ1) is 8.60. The molecule has 18 heavy (non-hydrogen) atoms. The average molecular weight is 281 g/mol. The van der Waals surface area contributed by atoms with Crippen molar-refractivity contribution in [1.82, 2.24) is 15.2 Å². The molecule has 2 aromatic rings. The Balaban J connectivity index is 2.24. The third kappa shape index (κ3) is 2.98. The molecule has 7 heteroatoms. The number of anilines is 1. The predicted molar refractivity (Wildman–Crippen MR) is 75.2 cm³/mol. The number of hydrogen-bond acceptors (Lipinski definition) is 7. The Bertz CT molecular complexity index is 538. The number of aryl methyl sites for hydroxylation is 1. The molecule has 0 spiro atoms. The van der Waals surface area contributed by atoms with E-state index in [0.717, 1.165) is 25.8 Å². The molecule has 0 fully saturated rings. The Kier molecular flexibility index (Phi) is 4.15. The molecule has 0 saturated heterocycles. The highest BCUT2D eigenvalue weighted by molar-refractivity contribution is 8.01. The van der Waals surface area contributed by atoms with Gasteiger partial charge in [0.05, 0.1) is 0 Å². The molecule has 2 heterocycles. The van der Waals surface area contributed by atoms with E-state index >= 15 is 0 Å². The van der Waals surface area contributed by atoms with Crippen LogP contribution in [-0.4, -0.2) is 29.3 Å². The van der Waals surface area contributed by atoms with Gasteiger partial charge in [0.1, 0.15) is 5.03 Å². The van der Waals surface area contributed by atoms with E-state index in [1.54, 1.807) is 11.3 Å². The minimum absolute atomic E-state index is 0.481. The lowest BCUT2D eigenvalue weighted by Crippen LogP contribution is -2.07. The maximum Gasteiger partial charge on any atom is 0.208 e. The molecule has 0 amide bonds.